The molecular formula is C35H39N3O7S. The molecule has 1 aliphatic heterocycles. The number of carbonyl (C=O) groups is 1. The summed E-state index contributed by atoms with van der Waals surface area (Å²) in [4.78, 5) is 17.9. The smallest absolute Gasteiger partial charge is 0.265 e. The highest BCUT2D eigenvalue weighted by Crippen LogP contribution is 2.38. The van der Waals surface area contributed by atoms with E-state index in [-0.39, 0.29) is 34.0 Å². The monoisotopic (exact) mass is 645 g/mol. The molecule has 0 radical (unpaired) electrons. The third-order valence-corrected chi connectivity index (χ3v) is 9.90. The molecule has 0 aliphatic carbocycles. The van der Waals surface area contributed by atoms with Crippen molar-refractivity contribution in [3.05, 3.63) is 108 Å². The van der Waals surface area contributed by atoms with Gasteiger partial charge in [-0.25, -0.2) is 8.42 Å². The fourth-order valence-electron chi connectivity index (χ4n) is 5.73. The molecule has 4 aromatic rings. The second-order valence-corrected chi connectivity index (χ2v) is 12.6. The normalized spacial score (nSPS) is 13.7. The molecule has 46 heavy (non-hydrogen) atoms. The van der Waals surface area contributed by atoms with E-state index in [2.05, 4.69) is 29.2 Å². The lowest BCUT2D eigenvalue weighted by molar-refractivity contribution is -0.131. The van der Waals surface area contributed by atoms with Gasteiger partial charge in [-0.2, -0.15) is 0 Å². The number of carbonyl (C=O) groups excluding carboxylic acids is 1. The Balaban J connectivity index is 1.43. The molecular weight excluding hydrogens is 606 g/mol. The summed E-state index contributed by atoms with van der Waals surface area (Å²) in [5.74, 6) is 0.984. The number of nitrogens with zero attached hydrogens (tertiary/aromatic N) is 3. The molecule has 1 amide bonds. The van der Waals surface area contributed by atoms with Gasteiger partial charge in [-0.05, 0) is 35.4 Å². The quantitative estimate of drug-likeness (QED) is 0.216. The molecule has 0 spiro atoms. The van der Waals surface area contributed by atoms with Crippen LogP contribution in [0.2, 0.25) is 0 Å². The maximum absolute atomic E-state index is 14.3. The van der Waals surface area contributed by atoms with Crippen molar-refractivity contribution in [1.82, 2.24) is 9.80 Å². The zero-order valence-electron chi connectivity index (χ0n) is 26.5. The van der Waals surface area contributed by atoms with E-state index >= 15 is 0 Å². The number of hydrogen-bond donors (Lipinski definition) is 0. The molecule has 1 heterocycles. The van der Waals surface area contributed by atoms with Gasteiger partial charge in [0, 0.05) is 38.3 Å². The summed E-state index contributed by atoms with van der Waals surface area (Å²) in [6.45, 7) is 1.67. The van der Waals surface area contributed by atoms with Gasteiger partial charge in [0.2, 0.25) is 5.91 Å². The minimum Gasteiger partial charge on any atom is -0.497 e. The second-order valence-electron chi connectivity index (χ2n) is 10.7. The van der Waals surface area contributed by atoms with E-state index in [1.54, 1.807) is 23.1 Å². The first kappa shape index (κ1) is 32.6. The number of sulfonamides is 1. The molecule has 0 unspecified atom stereocenters. The second kappa shape index (κ2) is 14.6. The van der Waals surface area contributed by atoms with Crippen molar-refractivity contribution in [2.24, 2.45) is 0 Å². The fourth-order valence-corrected chi connectivity index (χ4v) is 7.17. The number of rotatable bonds is 12. The maximum Gasteiger partial charge on any atom is 0.265 e. The molecule has 0 aromatic heterocycles. The van der Waals surface area contributed by atoms with Crippen LogP contribution in [0.5, 0.6) is 23.0 Å². The number of amides is 1. The van der Waals surface area contributed by atoms with E-state index in [0.717, 1.165) is 4.31 Å². The lowest BCUT2D eigenvalue weighted by Crippen LogP contribution is -2.52. The first-order valence-corrected chi connectivity index (χ1v) is 16.3. The van der Waals surface area contributed by atoms with Gasteiger partial charge in [0.15, 0.2) is 11.5 Å². The molecule has 0 N–H and O–H groups in total. The van der Waals surface area contributed by atoms with Gasteiger partial charge in [0.1, 0.15) is 18.0 Å². The van der Waals surface area contributed by atoms with Crippen molar-refractivity contribution in [1.29, 1.82) is 0 Å². The molecule has 0 atom stereocenters. The fraction of sp³-hybridized carbons (Fsp3) is 0.286. The van der Waals surface area contributed by atoms with Crippen LogP contribution in [0.1, 0.15) is 17.2 Å². The average Bonchev–Trinajstić information content (AvgIpc) is 3.11. The van der Waals surface area contributed by atoms with Gasteiger partial charge in [-0.1, -0.05) is 60.7 Å². The van der Waals surface area contributed by atoms with Crippen LogP contribution < -0.4 is 23.3 Å². The zero-order chi connectivity index (χ0) is 32.7. The molecule has 1 saturated heterocycles. The molecule has 4 aromatic carbocycles. The topological polar surface area (TPSA) is 97.9 Å². The van der Waals surface area contributed by atoms with Gasteiger partial charge in [-0.15, -0.1) is 0 Å². The Morgan fingerprint density at radius 1 is 0.696 bits per heavy atom. The molecule has 242 valence electrons. The van der Waals surface area contributed by atoms with Gasteiger partial charge in [0.25, 0.3) is 10.0 Å². The summed E-state index contributed by atoms with van der Waals surface area (Å²) in [5.41, 5.74) is 2.52. The molecule has 10 nitrogen and oxygen atoms in total. The van der Waals surface area contributed by atoms with E-state index in [1.165, 1.54) is 57.8 Å². The number of anilines is 1. The summed E-state index contributed by atoms with van der Waals surface area (Å²) < 4.78 is 51.3. The number of benzene rings is 4. The number of hydrogen-bond acceptors (Lipinski definition) is 8. The number of methoxy groups -OCH3 is 4. The predicted molar refractivity (Wildman–Crippen MR) is 177 cm³/mol. The third-order valence-electron chi connectivity index (χ3n) is 8.14. The number of piperazine rings is 1. The standard InChI is InChI=1S/C35H39N3O7S/c1-42-28-15-17-31(43-2)30(23-28)38(46(40,41)29-16-18-32(44-3)33(24-29)45-4)25-34(39)36-19-21-37(22-20-36)35(26-11-7-5-8-12-26)27-13-9-6-10-14-27/h5-18,23-24,35H,19-22,25H2,1-4H3. The van der Waals surface area contributed by atoms with Crippen LogP contribution in [0.3, 0.4) is 0 Å². The Morgan fingerprint density at radius 2 is 1.26 bits per heavy atom. The number of ether oxygens (including phenoxy) is 4. The van der Waals surface area contributed by atoms with E-state index in [4.69, 9.17) is 18.9 Å². The lowest BCUT2D eigenvalue weighted by Gasteiger charge is -2.40. The first-order chi connectivity index (χ1) is 22.3. The largest absolute Gasteiger partial charge is 0.497 e. The van der Waals surface area contributed by atoms with Crippen LogP contribution in [0.25, 0.3) is 0 Å². The predicted octanol–water partition coefficient (Wildman–Crippen LogP) is 4.85. The van der Waals surface area contributed by atoms with Crippen molar-refractivity contribution in [2.75, 3.05) is 65.5 Å². The first-order valence-electron chi connectivity index (χ1n) is 14.9. The minimum atomic E-state index is -4.29. The van der Waals surface area contributed by atoms with E-state index in [1.807, 2.05) is 36.4 Å². The highest BCUT2D eigenvalue weighted by molar-refractivity contribution is 7.92. The summed E-state index contributed by atoms with van der Waals surface area (Å²) >= 11 is 0. The van der Waals surface area contributed by atoms with Crippen molar-refractivity contribution in [2.45, 2.75) is 10.9 Å². The molecule has 5 rings (SSSR count). The average molecular weight is 646 g/mol. The summed E-state index contributed by atoms with van der Waals surface area (Å²) in [6.07, 6.45) is 0. The van der Waals surface area contributed by atoms with Crippen molar-refractivity contribution < 1.29 is 32.2 Å². The zero-order valence-corrected chi connectivity index (χ0v) is 27.3. The Bertz CT molecular complexity index is 1690. The molecule has 0 bridgehead atoms. The highest BCUT2D eigenvalue weighted by Gasteiger charge is 2.34. The van der Waals surface area contributed by atoms with E-state index in [0.29, 0.717) is 37.7 Å². The molecule has 0 saturated carbocycles. The van der Waals surface area contributed by atoms with Crippen LogP contribution in [-0.4, -0.2) is 85.3 Å². The van der Waals surface area contributed by atoms with Crippen LogP contribution in [0.15, 0.2) is 102 Å². The SMILES string of the molecule is COc1ccc(OC)c(N(CC(=O)N2CCN(C(c3ccccc3)c3ccccc3)CC2)S(=O)(=O)c2ccc(OC)c(OC)c2)c1. The Hall–Kier alpha value is -4.74. The van der Waals surface area contributed by atoms with Gasteiger partial charge >= 0.3 is 0 Å². The van der Waals surface area contributed by atoms with Crippen molar-refractivity contribution >= 4 is 21.6 Å². The van der Waals surface area contributed by atoms with Crippen LogP contribution in [0, 0.1) is 0 Å². The summed E-state index contributed by atoms with van der Waals surface area (Å²) in [7, 11) is 1.54. The summed E-state index contributed by atoms with van der Waals surface area (Å²) in [5, 5.41) is 0. The van der Waals surface area contributed by atoms with Crippen LogP contribution in [0.4, 0.5) is 5.69 Å². The molecule has 1 aliphatic rings. The van der Waals surface area contributed by atoms with Crippen LogP contribution >= 0.6 is 0 Å². The highest BCUT2D eigenvalue weighted by atomic mass is 32.2. The van der Waals surface area contributed by atoms with Crippen LogP contribution in [-0.2, 0) is 14.8 Å². The minimum absolute atomic E-state index is 0.0302. The van der Waals surface area contributed by atoms with Gasteiger partial charge < -0.3 is 23.8 Å². The van der Waals surface area contributed by atoms with Gasteiger partial charge in [-0.3, -0.25) is 14.0 Å². The van der Waals surface area contributed by atoms with Crippen molar-refractivity contribution in [3.8, 4) is 23.0 Å². The third kappa shape index (κ3) is 6.90. The lowest BCUT2D eigenvalue weighted by atomic mass is 9.96. The van der Waals surface area contributed by atoms with E-state index in [9.17, 15) is 13.2 Å². The summed E-state index contributed by atoms with van der Waals surface area (Å²) in [6, 6.07) is 29.8. The Labute approximate surface area is 270 Å². The molecule has 11 heteroatoms. The Morgan fingerprint density at radius 3 is 1.80 bits per heavy atom. The Kier molecular flexibility index (Phi) is 10.3. The van der Waals surface area contributed by atoms with E-state index < -0.39 is 16.6 Å². The molecule has 1 fully saturated rings. The van der Waals surface area contributed by atoms with Gasteiger partial charge in [0.05, 0.1) is 45.1 Å². The maximum atomic E-state index is 14.3. The van der Waals surface area contributed by atoms with Crippen molar-refractivity contribution in [3.63, 3.8) is 0 Å².